The Morgan fingerprint density at radius 2 is 2.00 bits per heavy atom. The number of Topliss-reactive ketones (excluding diaryl/α,β-unsaturated/α-hetero) is 1. The summed E-state index contributed by atoms with van der Waals surface area (Å²) >= 11 is 0. The van der Waals surface area contributed by atoms with Gasteiger partial charge in [0.25, 0.3) is 5.91 Å². The predicted octanol–water partition coefficient (Wildman–Crippen LogP) is 3.09. The monoisotopic (exact) mass is 386 g/mol. The Morgan fingerprint density at radius 3 is 2.48 bits per heavy atom. The molecule has 0 unspecified atom stereocenters. The first-order valence-corrected chi connectivity index (χ1v) is 8.50. The van der Waals surface area contributed by atoms with Crippen LogP contribution in [-0.2, 0) is 20.9 Å². The van der Waals surface area contributed by atoms with Gasteiger partial charge in [-0.3, -0.25) is 14.4 Å². The molecule has 1 aliphatic rings. The Hall–Kier alpha value is -2.58. The molecule has 0 aliphatic carbocycles. The molecule has 0 fully saturated rings. The molecule has 0 saturated heterocycles. The summed E-state index contributed by atoms with van der Waals surface area (Å²) in [6.45, 7) is 3.70. The van der Waals surface area contributed by atoms with Crippen LogP contribution in [0.2, 0.25) is 0 Å². The molecule has 0 saturated carbocycles. The zero-order chi connectivity index (χ0) is 20.4. The van der Waals surface area contributed by atoms with Gasteiger partial charge < -0.3 is 14.6 Å². The Bertz CT molecular complexity index is 768. The van der Waals surface area contributed by atoms with E-state index in [1.807, 2.05) is 5.32 Å². The van der Waals surface area contributed by atoms with Gasteiger partial charge in [-0.2, -0.15) is 13.2 Å². The number of allylic oxidation sites excluding steroid dienone is 1. The van der Waals surface area contributed by atoms with Crippen molar-refractivity contribution >= 4 is 17.6 Å². The Morgan fingerprint density at radius 1 is 1.33 bits per heavy atom. The van der Waals surface area contributed by atoms with Gasteiger partial charge in [0.05, 0.1) is 18.4 Å². The fourth-order valence-electron chi connectivity index (χ4n) is 3.19. The molecule has 9 heteroatoms. The van der Waals surface area contributed by atoms with E-state index in [0.29, 0.717) is 12.8 Å². The smallest absolute Gasteiger partial charge is 0.425 e. The van der Waals surface area contributed by atoms with E-state index >= 15 is 0 Å². The van der Waals surface area contributed by atoms with E-state index in [4.69, 9.17) is 4.42 Å². The summed E-state index contributed by atoms with van der Waals surface area (Å²) in [4.78, 5) is 37.9. The van der Waals surface area contributed by atoms with E-state index in [1.54, 1.807) is 6.92 Å². The molecular weight excluding hydrogens is 365 g/mol. The van der Waals surface area contributed by atoms with Crippen molar-refractivity contribution in [3.63, 3.8) is 0 Å². The third kappa shape index (κ3) is 3.63. The summed E-state index contributed by atoms with van der Waals surface area (Å²) in [5.74, 6) is -3.04. The summed E-state index contributed by atoms with van der Waals surface area (Å²) in [7, 11) is 0. The van der Waals surface area contributed by atoms with Crippen molar-refractivity contribution in [1.29, 1.82) is 0 Å². The SMILES string of the molecule is CCCCC(=O)N[C@@]1(C(F)(F)F)C(=O)N(Cc2ccco2)C(C)=C1C(C)=O. The molecule has 1 atom stereocenters. The zero-order valence-corrected chi connectivity index (χ0v) is 15.3. The lowest BCUT2D eigenvalue weighted by Gasteiger charge is -2.33. The molecule has 1 aromatic rings. The van der Waals surface area contributed by atoms with Crippen molar-refractivity contribution in [1.82, 2.24) is 10.2 Å². The van der Waals surface area contributed by atoms with Crippen molar-refractivity contribution in [3.05, 3.63) is 35.4 Å². The maximum atomic E-state index is 14.1. The van der Waals surface area contributed by atoms with Crippen LogP contribution in [-0.4, -0.2) is 34.2 Å². The van der Waals surface area contributed by atoms with E-state index in [2.05, 4.69) is 0 Å². The molecule has 2 rings (SSSR count). The lowest BCUT2D eigenvalue weighted by atomic mass is 9.86. The van der Waals surface area contributed by atoms with Crippen molar-refractivity contribution in [3.8, 4) is 0 Å². The lowest BCUT2D eigenvalue weighted by Crippen LogP contribution is -2.66. The third-order valence-corrected chi connectivity index (χ3v) is 4.46. The standard InChI is InChI=1S/C18H21F3N2O4/c1-4-5-8-14(25)22-17(18(19,20)21)15(12(3)24)11(2)23(16(17)26)10-13-7-6-9-27-13/h6-7,9H,4-5,8,10H2,1-3H3,(H,22,25)/t17-/m1/s1. The van der Waals surface area contributed by atoms with E-state index < -0.39 is 34.9 Å². The Balaban J connectivity index is 2.54. The fraction of sp³-hybridized carbons (Fsp3) is 0.500. The molecule has 1 aromatic heterocycles. The molecule has 1 N–H and O–H groups in total. The van der Waals surface area contributed by atoms with E-state index in [-0.39, 0.29) is 24.4 Å². The minimum atomic E-state index is -5.19. The van der Waals surface area contributed by atoms with Gasteiger partial charge in [0.2, 0.25) is 11.4 Å². The first-order chi connectivity index (χ1) is 12.6. The predicted molar refractivity (Wildman–Crippen MR) is 89.1 cm³/mol. The minimum Gasteiger partial charge on any atom is -0.467 e. The first kappa shape index (κ1) is 20.7. The molecule has 6 nitrogen and oxygen atoms in total. The number of nitrogens with one attached hydrogen (secondary N) is 1. The summed E-state index contributed by atoms with van der Waals surface area (Å²) in [5, 5.41) is 1.82. The van der Waals surface area contributed by atoms with Crippen LogP contribution in [0.25, 0.3) is 0 Å². The van der Waals surface area contributed by atoms with Crippen LogP contribution in [0.4, 0.5) is 13.2 Å². The van der Waals surface area contributed by atoms with Crippen molar-refractivity contribution in [2.45, 2.75) is 58.3 Å². The maximum Gasteiger partial charge on any atom is 0.425 e. The quantitative estimate of drug-likeness (QED) is 0.781. The number of carbonyl (C=O) groups is 3. The van der Waals surface area contributed by atoms with Crippen LogP contribution in [0, 0.1) is 0 Å². The lowest BCUT2D eigenvalue weighted by molar-refractivity contribution is -0.194. The largest absolute Gasteiger partial charge is 0.467 e. The van der Waals surface area contributed by atoms with Crippen LogP contribution >= 0.6 is 0 Å². The third-order valence-electron chi connectivity index (χ3n) is 4.46. The molecule has 2 heterocycles. The maximum absolute atomic E-state index is 14.1. The highest BCUT2D eigenvalue weighted by Gasteiger charge is 2.69. The van der Waals surface area contributed by atoms with Gasteiger partial charge in [-0.05, 0) is 32.4 Å². The second-order valence-corrected chi connectivity index (χ2v) is 6.39. The number of ketones is 1. The second kappa shape index (κ2) is 7.58. The van der Waals surface area contributed by atoms with Crippen LogP contribution < -0.4 is 5.32 Å². The summed E-state index contributed by atoms with van der Waals surface area (Å²) in [6.07, 6.45) is -3.08. The number of unbranched alkanes of at least 4 members (excludes halogenated alkanes) is 1. The normalized spacial score (nSPS) is 20.4. The van der Waals surface area contributed by atoms with Gasteiger partial charge >= 0.3 is 6.18 Å². The van der Waals surface area contributed by atoms with Gasteiger partial charge in [-0.1, -0.05) is 13.3 Å². The van der Waals surface area contributed by atoms with Crippen LogP contribution in [0.5, 0.6) is 0 Å². The molecule has 0 bridgehead atoms. The number of hydrogen-bond donors (Lipinski definition) is 1. The molecular formula is C18H21F3N2O4. The fourth-order valence-corrected chi connectivity index (χ4v) is 3.19. The number of nitrogens with zero attached hydrogens (tertiary/aromatic N) is 1. The van der Waals surface area contributed by atoms with Crippen LogP contribution in [0.3, 0.4) is 0 Å². The second-order valence-electron chi connectivity index (χ2n) is 6.39. The molecule has 0 spiro atoms. The van der Waals surface area contributed by atoms with Gasteiger partial charge in [0.15, 0.2) is 5.78 Å². The minimum absolute atomic E-state index is 0.156. The number of carbonyl (C=O) groups excluding carboxylic acids is 3. The van der Waals surface area contributed by atoms with Crippen LogP contribution in [0.15, 0.2) is 34.1 Å². The summed E-state index contributed by atoms with van der Waals surface area (Å²) in [5.41, 5.74) is -4.31. The van der Waals surface area contributed by atoms with Gasteiger partial charge in [-0.25, -0.2) is 0 Å². The van der Waals surface area contributed by atoms with Crippen molar-refractivity contribution in [2.75, 3.05) is 0 Å². The number of halogens is 3. The molecule has 2 amide bonds. The Kier molecular flexibility index (Phi) is 5.82. The molecule has 0 radical (unpaired) electrons. The summed E-state index contributed by atoms with van der Waals surface area (Å²) < 4.78 is 47.4. The highest BCUT2D eigenvalue weighted by Crippen LogP contribution is 2.45. The molecule has 148 valence electrons. The topological polar surface area (TPSA) is 79.6 Å². The Labute approximate surface area is 154 Å². The van der Waals surface area contributed by atoms with Crippen molar-refractivity contribution < 1.29 is 32.0 Å². The van der Waals surface area contributed by atoms with E-state index in [9.17, 15) is 27.6 Å². The highest BCUT2D eigenvalue weighted by molar-refractivity contribution is 6.11. The molecule has 1 aliphatic heterocycles. The van der Waals surface area contributed by atoms with Crippen molar-refractivity contribution in [2.24, 2.45) is 0 Å². The highest BCUT2D eigenvalue weighted by atomic mass is 19.4. The van der Waals surface area contributed by atoms with Crippen LogP contribution in [0.1, 0.15) is 45.8 Å². The number of furan rings is 1. The summed E-state index contributed by atoms with van der Waals surface area (Å²) in [6, 6.07) is 3.03. The number of amides is 2. The van der Waals surface area contributed by atoms with Gasteiger partial charge in [0.1, 0.15) is 5.76 Å². The van der Waals surface area contributed by atoms with Gasteiger partial charge in [0, 0.05) is 12.1 Å². The number of hydrogen-bond acceptors (Lipinski definition) is 4. The zero-order valence-electron chi connectivity index (χ0n) is 15.3. The van der Waals surface area contributed by atoms with Gasteiger partial charge in [-0.15, -0.1) is 0 Å². The first-order valence-electron chi connectivity index (χ1n) is 8.50. The number of alkyl halides is 3. The van der Waals surface area contributed by atoms with E-state index in [1.165, 1.54) is 25.3 Å². The average molecular weight is 386 g/mol. The molecule has 27 heavy (non-hydrogen) atoms. The average Bonchev–Trinajstić information content (AvgIpc) is 3.14. The van der Waals surface area contributed by atoms with E-state index in [0.717, 1.165) is 11.8 Å². The molecule has 0 aromatic carbocycles. The number of rotatable bonds is 7.